The number of alkyl halides is 2. The zero-order chi connectivity index (χ0) is 26.1. The summed E-state index contributed by atoms with van der Waals surface area (Å²) < 4.78 is 46.1. The Morgan fingerprint density at radius 2 is 1.92 bits per heavy atom. The van der Waals surface area contributed by atoms with Crippen molar-refractivity contribution in [1.82, 2.24) is 29.5 Å². The van der Waals surface area contributed by atoms with Gasteiger partial charge in [-0.1, -0.05) is 18.2 Å². The lowest BCUT2D eigenvalue weighted by Gasteiger charge is -2.14. The van der Waals surface area contributed by atoms with Crippen molar-refractivity contribution in [2.45, 2.75) is 12.7 Å². The van der Waals surface area contributed by atoms with Crippen molar-refractivity contribution < 1.29 is 23.0 Å². The van der Waals surface area contributed by atoms with Crippen molar-refractivity contribution in [3.63, 3.8) is 0 Å². The maximum Gasteiger partial charge on any atom is 0.387 e. The van der Waals surface area contributed by atoms with Crippen LogP contribution >= 0.6 is 0 Å². The number of nitriles is 1. The zero-order valence-electron chi connectivity index (χ0n) is 18.6. The van der Waals surface area contributed by atoms with E-state index in [2.05, 4.69) is 35.8 Å². The van der Waals surface area contributed by atoms with Crippen LogP contribution in [0.2, 0.25) is 0 Å². The smallest absolute Gasteiger partial charge is 0.387 e. The molecule has 1 unspecified atom stereocenters. The number of nitrogens with zero attached hydrogens (tertiary/aromatic N) is 7. The molecular formula is C24H15F3N8O2. The normalized spacial score (nSPS) is 12.0. The van der Waals surface area contributed by atoms with Crippen molar-refractivity contribution in [2.75, 3.05) is 5.73 Å². The van der Waals surface area contributed by atoms with Crippen LogP contribution in [0.3, 0.4) is 0 Å². The van der Waals surface area contributed by atoms with Gasteiger partial charge >= 0.3 is 6.61 Å². The molecule has 3 heterocycles. The van der Waals surface area contributed by atoms with Crippen LogP contribution in [0.25, 0.3) is 28.3 Å². The van der Waals surface area contributed by atoms with E-state index in [1.807, 2.05) is 0 Å². The minimum absolute atomic E-state index is 0.00415. The van der Waals surface area contributed by atoms with Gasteiger partial charge in [-0.25, -0.2) is 28.8 Å². The van der Waals surface area contributed by atoms with E-state index in [1.165, 1.54) is 17.0 Å². The number of ether oxygens (including phenoxy) is 1. The van der Waals surface area contributed by atoms with E-state index in [9.17, 15) is 23.5 Å². The van der Waals surface area contributed by atoms with Gasteiger partial charge in [-0.05, 0) is 30.3 Å². The second kappa shape index (κ2) is 9.51. The molecule has 2 aromatic carbocycles. The fourth-order valence-electron chi connectivity index (χ4n) is 3.80. The number of aliphatic hydroxyl groups is 1. The highest BCUT2D eigenvalue weighted by Gasteiger charge is 2.28. The number of hydrogen-bond donors (Lipinski definition) is 2. The van der Waals surface area contributed by atoms with Gasteiger partial charge in [-0.2, -0.15) is 14.0 Å². The summed E-state index contributed by atoms with van der Waals surface area (Å²) in [7, 11) is 0. The fourth-order valence-corrected chi connectivity index (χ4v) is 3.80. The number of rotatable bonds is 6. The topological polar surface area (TPSA) is 148 Å². The van der Waals surface area contributed by atoms with E-state index < -0.39 is 29.8 Å². The summed E-state index contributed by atoms with van der Waals surface area (Å²) in [6.07, 6.45) is 0.894. The van der Waals surface area contributed by atoms with Crippen LogP contribution in [0.4, 0.5) is 19.0 Å². The minimum atomic E-state index is -3.25. The molecule has 3 N–H and O–H groups in total. The molecule has 0 aliphatic rings. The number of nitrogens with two attached hydrogens (primary N) is 1. The molecule has 0 bridgehead atoms. The average Bonchev–Trinajstić information content (AvgIpc) is 3.35. The first-order valence-electron chi connectivity index (χ1n) is 10.6. The first-order chi connectivity index (χ1) is 17.9. The molecule has 184 valence electrons. The molecule has 5 rings (SSSR count). The molecule has 10 nitrogen and oxygen atoms in total. The Morgan fingerprint density at radius 1 is 1.11 bits per heavy atom. The van der Waals surface area contributed by atoms with Crippen molar-refractivity contribution in [3.8, 4) is 34.5 Å². The van der Waals surface area contributed by atoms with Gasteiger partial charge in [0.25, 0.3) is 0 Å². The predicted molar refractivity (Wildman–Crippen MR) is 123 cm³/mol. The van der Waals surface area contributed by atoms with Gasteiger partial charge in [-0.3, -0.25) is 0 Å². The monoisotopic (exact) mass is 504 g/mol. The number of fused-ring (bicyclic) bond motifs is 1. The van der Waals surface area contributed by atoms with Crippen LogP contribution in [0, 0.1) is 17.1 Å². The van der Waals surface area contributed by atoms with Gasteiger partial charge in [0, 0.05) is 11.8 Å². The summed E-state index contributed by atoms with van der Waals surface area (Å²) in [5.74, 6) is -2.02. The van der Waals surface area contributed by atoms with E-state index in [1.54, 1.807) is 30.3 Å². The van der Waals surface area contributed by atoms with Crippen LogP contribution < -0.4 is 10.5 Å². The molecule has 13 heteroatoms. The second-order valence-corrected chi connectivity index (χ2v) is 7.62. The Kier molecular flexibility index (Phi) is 6.08. The van der Waals surface area contributed by atoms with E-state index in [4.69, 9.17) is 5.73 Å². The third-order valence-corrected chi connectivity index (χ3v) is 5.36. The number of benzene rings is 2. The van der Waals surface area contributed by atoms with Gasteiger partial charge in [0.15, 0.2) is 17.3 Å². The van der Waals surface area contributed by atoms with Crippen molar-refractivity contribution in [2.24, 2.45) is 0 Å². The highest BCUT2D eigenvalue weighted by Crippen LogP contribution is 2.35. The van der Waals surface area contributed by atoms with E-state index in [0.717, 1.165) is 18.2 Å². The van der Waals surface area contributed by atoms with Crippen LogP contribution in [-0.2, 0) is 0 Å². The number of halogens is 3. The van der Waals surface area contributed by atoms with E-state index >= 15 is 0 Å². The fraction of sp³-hybridized carbons (Fsp3) is 0.0833. The van der Waals surface area contributed by atoms with Crippen LogP contribution in [-0.4, -0.2) is 41.3 Å². The van der Waals surface area contributed by atoms with Crippen molar-refractivity contribution in [1.29, 1.82) is 5.26 Å². The van der Waals surface area contributed by atoms with Gasteiger partial charge < -0.3 is 15.6 Å². The lowest BCUT2D eigenvalue weighted by molar-refractivity contribution is -0.0515. The Hall–Kier alpha value is -5.09. The number of aromatic nitrogens is 6. The Morgan fingerprint density at radius 3 is 2.65 bits per heavy atom. The summed E-state index contributed by atoms with van der Waals surface area (Å²) in [6.45, 7) is -3.25. The molecule has 0 amide bonds. The highest BCUT2D eigenvalue weighted by atomic mass is 19.3. The molecule has 37 heavy (non-hydrogen) atoms. The molecule has 0 saturated heterocycles. The Balaban J connectivity index is 1.75. The molecule has 0 spiro atoms. The lowest BCUT2D eigenvalue weighted by Crippen LogP contribution is -2.11. The van der Waals surface area contributed by atoms with Gasteiger partial charge in [0.05, 0.1) is 22.9 Å². The number of nitrogen functional groups attached to an aromatic ring is 1. The summed E-state index contributed by atoms with van der Waals surface area (Å²) in [6, 6.07) is 13.5. The molecule has 0 saturated carbocycles. The predicted octanol–water partition coefficient (Wildman–Crippen LogP) is 3.52. The van der Waals surface area contributed by atoms with Crippen molar-refractivity contribution >= 4 is 11.5 Å². The standard InChI is InChI=1S/C24H15F3N8O2/c25-14-5-2-6-16(37-24(26)27)17(14)20(36)22-33-23-21(29)32-18(13-4-1-3-12(9-13)10-28)19(35(23)34-22)15-7-8-30-11-31-15/h1-9,11,20,24,36H,(H2,29,32). The molecule has 0 fully saturated rings. The molecule has 0 aliphatic heterocycles. The summed E-state index contributed by atoms with van der Waals surface area (Å²) in [5.41, 5.74) is 7.41. The SMILES string of the molecule is N#Cc1cccc(-c2nc(N)c3nc(C(O)c4c(F)cccc4OC(F)F)nn3c2-c2ccncn2)c1. The third kappa shape index (κ3) is 4.37. The molecule has 0 aliphatic carbocycles. The van der Waals surface area contributed by atoms with Crippen LogP contribution in [0.5, 0.6) is 5.75 Å². The maximum atomic E-state index is 14.6. The summed E-state index contributed by atoms with van der Waals surface area (Å²) >= 11 is 0. The van der Waals surface area contributed by atoms with Gasteiger partial charge in [0.2, 0.25) is 0 Å². The Labute approximate surface area is 206 Å². The highest BCUT2D eigenvalue weighted by molar-refractivity contribution is 5.81. The maximum absolute atomic E-state index is 14.6. The zero-order valence-corrected chi connectivity index (χ0v) is 18.6. The third-order valence-electron chi connectivity index (χ3n) is 5.36. The molecule has 1 atom stereocenters. The molecular weight excluding hydrogens is 489 g/mol. The summed E-state index contributed by atoms with van der Waals surface area (Å²) in [4.78, 5) is 16.8. The van der Waals surface area contributed by atoms with Gasteiger partial charge in [-0.15, -0.1) is 5.10 Å². The van der Waals surface area contributed by atoms with Gasteiger partial charge in [0.1, 0.15) is 35.4 Å². The van der Waals surface area contributed by atoms with Crippen LogP contribution in [0.15, 0.2) is 61.1 Å². The number of hydrogen-bond acceptors (Lipinski definition) is 9. The Bertz CT molecular complexity index is 1650. The second-order valence-electron chi connectivity index (χ2n) is 7.62. The largest absolute Gasteiger partial charge is 0.434 e. The van der Waals surface area contributed by atoms with Crippen molar-refractivity contribution in [3.05, 3.63) is 83.8 Å². The average molecular weight is 504 g/mol. The quantitative estimate of drug-likeness (QED) is 0.354. The van der Waals surface area contributed by atoms with Crippen LogP contribution in [0.1, 0.15) is 23.1 Å². The number of anilines is 1. The summed E-state index contributed by atoms with van der Waals surface area (Å²) in [5, 5.41) is 24.6. The first kappa shape index (κ1) is 23.6. The van der Waals surface area contributed by atoms with E-state index in [-0.39, 0.29) is 23.0 Å². The molecule has 5 aromatic rings. The number of aliphatic hydroxyl groups excluding tert-OH is 1. The van der Waals surface area contributed by atoms with E-state index in [0.29, 0.717) is 22.5 Å². The first-order valence-corrected chi connectivity index (χ1v) is 10.6. The molecule has 0 radical (unpaired) electrons. The molecule has 3 aromatic heterocycles. The lowest BCUT2D eigenvalue weighted by atomic mass is 10.0. The minimum Gasteiger partial charge on any atom is -0.434 e.